The van der Waals surface area contributed by atoms with Gasteiger partial charge in [0.15, 0.2) is 5.17 Å². The predicted octanol–water partition coefficient (Wildman–Crippen LogP) is 2.79. The topological polar surface area (TPSA) is 92.9 Å². The van der Waals surface area contributed by atoms with Crippen LogP contribution in [0, 0.1) is 0 Å². The highest BCUT2D eigenvalue weighted by Gasteiger charge is 2.32. The van der Waals surface area contributed by atoms with Gasteiger partial charge in [-0.1, -0.05) is 11.8 Å². The zero-order valence-electron chi connectivity index (χ0n) is 14.2. The minimum atomic E-state index is -0.493. The Labute approximate surface area is 155 Å². The average Bonchev–Trinajstić information content (AvgIpc) is 3.25. The number of thioether (sulfide) groups is 1. The Morgan fingerprint density at radius 3 is 2.85 bits per heavy atom. The first-order valence-electron chi connectivity index (χ1n) is 8.21. The van der Waals surface area contributed by atoms with Crippen molar-refractivity contribution >= 4 is 34.4 Å². The first-order valence-corrected chi connectivity index (χ1v) is 9.09. The van der Waals surface area contributed by atoms with E-state index in [4.69, 9.17) is 9.15 Å². The number of carbonyl (C=O) groups is 2. The van der Waals surface area contributed by atoms with Crippen molar-refractivity contribution in [3.8, 4) is 5.75 Å². The second kappa shape index (κ2) is 8.57. The Morgan fingerprint density at radius 2 is 2.15 bits per heavy atom. The number of rotatable bonds is 7. The summed E-state index contributed by atoms with van der Waals surface area (Å²) in [6, 6.07) is 10.7. The third kappa shape index (κ3) is 4.89. The molecule has 1 unspecified atom stereocenters. The molecule has 0 aliphatic carbocycles. The lowest BCUT2D eigenvalue weighted by atomic mass is 10.2. The van der Waals surface area contributed by atoms with Crippen LogP contribution >= 0.6 is 11.8 Å². The fourth-order valence-electron chi connectivity index (χ4n) is 2.35. The van der Waals surface area contributed by atoms with Crippen LogP contribution in [0.1, 0.15) is 19.1 Å². The summed E-state index contributed by atoms with van der Waals surface area (Å²) in [4.78, 5) is 28.5. The number of hydrogen-bond donors (Lipinski definition) is 2. The number of hydrogen-bond acceptors (Lipinski definition) is 6. The highest BCUT2D eigenvalue weighted by molar-refractivity contribution is 8.15. The van der Waals surface area contributed by atoms with Crippen molar-refractivity contribution in [3.05, 3.63) is 48.4 Å². The van der Waals surface area contributed by atoms with Gasteiger partial charge in [0, 0.05) is 12.1 Å². The Bertz CT molecular complexity index is 787. The van der Waals surface area contributed by atoms with Crippen LogP contribution < -0.4 is 15.4 Å². The molecule has 1 aliphatic heterocycles. The lowest BCUT2D eigenvalue weighted by Gasteiger charge is -2.08. The van der Waals surface area contributed by atoms with E-state index in [9.17, 15) is 9.59 Å². The summed E-state index contributed by atoms with van der Waals surface area (Å²) in [5.41, 5.74) is 0.661. The van der Waals surface area contributed by atoms with Crippen molar-refractivity contribution in [1.82, 2.24) is 5.32 Å². The van der Waals surface area contributed by atoms with Crippen LogP contribution in [0.2, 0.25) is 0 Å². The van der Waals surface area contributed by atoms with Crippen LogP contribution in [-0.4, -0.2) is 28.8 Å². The molecule has 8 heteroatoms. The van der Waals surface area contributed by atoms with Crippen LogP contribution in [0.4, 0.5) is 5.69 Å². The van der Waals surface area contributed by atoms with Gasteiger partial charge < -0.3 is 19.8 Å². The molecule has 3 rings (SSSR count). The normalized spacial score (nSPS) is 18.0. The van der Waals surface area contributed by atoms with Gasteiger partial charge >= 0.3 is 0 Å². The molecule has 2 heterocycles. The number of benzene rings is 1. The van der Waals surface area contributed by atoms with E-state index in [1.54, 1.807) is 36.6 Å². The van der Waals surface area contributed by atoms with E-state index in [1.807, 2.05) is 13.0 Å². The lowest BCUT2D eigenvalue weighted by molar-refractivity contribution is -0.122. The summed E-state index contributed by atoms with van der Waals surface area (Å²) in [7, 11) is 0. The van der Waals surface area contributed by atoms with Crippen LogP contribution in [0.25, 0.3) is 0 Å². The third-order valence-electron chi connectivity index (χ3n) is 3.55. The van der Waals surface area contributed by atoms with E-state index in [0.29, 0.717) is 29.8 Å². The summed E-state index contributed by atoms with van der Waals surface area (Å²) in [6.07, 6.45) is 1.65. The van der Waals surface area contributed by atoms with E-state index in [2.05, 4.69) is 15.6 Å². The van der Waals surface area contributed by atoms with Crippen molar-refractivity contribution in [2.24, 2.45) is 4.99 Å². The van der Waals surface area contributed by atoms with Gasteiger partial charge in [-0.25, -0.2) is 0 Å². The third-order valence-corrected chi connectivity index (χ3v) is 4.67. The van der Waals surface area contributed by atoms with Crippen molar-refractivity contribution in [1.29, 1.82) is 0 Å². The standard InChI is InChI=1S/C18H19N3O4S/c1-2-24-13-7-5-12(6-8-13)20-16(22)10-15-17(23)21-18(26-15)19-11-14-4-3-9-25-14/h3-9,15H,2,10-11H2,1H3,(H,20,22)(H,19,21,23). The van der Waals surface area contributed by atoms with Crippen molar-refractivity contribution in [3.63, 3.8) is 0 Å². The summed E-state index contributed by atoms with van der Waals surface area (Å²) in [6.45, 7) is 2.84. The maximum absolute atomic E-state index is 12.2. The van der Waals surface area contributed by atoms with Gasteiger partial charge in [-0.05, 0) is 43.3 Å². The number of aliphatic imine (C=N–C) groups is 1. The molecule has 2 amide bonds. The first kappa shape index (κ1) is 18.1. The minimum Gasteiger partial charge on any atom is -0.494 e. The number of furan rings is 1. The summed E-state index contributed by atoms with van der Waals surface area (Å²) in [5.74, 6) is 1.02. The fourth-order valence-corrected chi connectivity index (χ4v) is 3.32. The van der Waals surface area contributed by atoms with Gasteiger partial charge in [0.05, 0.1) is 19.4 Å². The van der Waals surface area contributed by atoms with Crippen molar-refractivity contribution in [2.45, 2.75) is 25.1 Å². The van der Waals surface area contributed by atoms with Gasteiger partial charge in [0.25, 0.3) is 0 Å². The number of amidine groups is 1. The van der Waals surface area contributed by atoms with Gasteiger partial charge in [0.1, 0.15) is 16.8 Å². The molecule has 7 nitrogen and oxygen atoms in total. The Balaban J connectivity index is 1.50. The zero-order valence-corrected chi connectivity index (χ0v) is 15.0. The molecule has 2 aromatic rings. The molecule has 1 aliphatic rings. The van der Waals surface area contributed by atoms with Crippen LogP contribution in [0.3, 0.4) is 0 Å². The van der Waals surface area contributed by atoms with Gasteiger partial charge in [-0.2, -0.15) is 0 Å². The molecule has 0 radical (unpaired) electrons. The van der Waals surface area contributed by atoms with Gasteiger partial charge in [-0.15, -0.1) is 0 Å². The number of amides is 2. The Hall–Kier alpha value is -2.74. The summed E-state index contributed by atoms with van der Waals surface area (Å²) in [5, 5.41) is 5.49. The van der Waals surface area contributed by atoms with Gasteiger partial charge in [-0.3, -0.25) is 14.6 Å². The second-order valence-electron chi connectivity index (χ2n) is 5.51. The molecule has 0 bridgehead atoms. The summed E-state index contributed by atoms with van der Waals surface area (Å²) >= 11 is 1.26. The smallest absolute Gasteiger partial charge is 0.240 e. The number of carbonyl (C=O) groups excluding carboxylic acids is 2. The van der Waals surface area contributed by atoms with Crippen LogP contribution in [0.5, 0.6) is 5.75 Å². The number of ether oxygens (including phenoxy) is 1. The number of nitrogens with zero attached hydrogens (tertiary/aromatic N) is 1. The van der Waals surface area contributed by atoms with Crippen LogP contribution in [-0.2, 0) is 16.1 Å². The quantitative estimate of drug-likeness (QED) is 0.778. The average molecular weight is 373 g/mol. The molecular formula is C18H19N3O4S. The Morgan fingerprint density at radius 1 is 1.35 bits per heavy atom. The van der Waals surface area contributed by atoms with E-state index >= 15 is 0 Å². The van der Waals surface area contributed by atoms with Gasteiger partial charge in [0.2, 0.25) is 11.8 Å². The maximum Gasteiger partial charge on any atom is 0.240 e. The monoisotopic (exact) mass is 373 g/mol. The van der Waals surface area contributed by atoms with Crippen molar-refractivity contribution < 1.29 is 18.7 Å². The lowest BCUT2D eigenvalue weighted by Crippen LogP contribution is -2.28. The van der Waals surface area contributed by atoms with E-state index in [1.165, 1.54) is 11.8 Å². The van der Waals surface area contributed by atoms with Crippen molar-refractivity contribution in [2.75, 3.05) is 11.9 Å². The largest absolute Gasteiger partial charge is 0.494 e. The molecule has 1 atom stereocenters. The highest BCUT2D eigenvalue weighted by Crippen LogP contribution is 2.24. The zero-order chi connectivity index (χ0) is 18.4. The molecule has 0 saturated carbocycles. The molecule has 0 spiro atoms. The molecule has 1 saturated heterocycles. The van der Waals surface area contributed by atoms with E-state index in [0.717, 1.165) is 5.75 Å². The molecular weight excluding hydrogens is 354 g/mol. The SMILES string of the molecule is CCOc1ccc(NC(=O)CC2SC(=NCc3ccco3)NC2=O)cc1. The second-order valence-corrected chi connectivity index (χ2v) is 6.70. The first-order chi connectivity index (χ1) is 12.6. The Kier molecular flexibility index (Phi) is 5.96. The molecule has 136 valence electrons. The minimum absolute atomic E-state index is 0.0729. The predicted molar refractivity (Wildman–Crippen MR) is 100 cm³/mol. The fraction of sp³-hybridized carbons (Fsp3) is 0.278. The maximum atomic E-state index is 12.2. The van der Waals surface area contributed by atoms with E-state index < -0.39 is 5.25 Å². The molecule has 2 N–H and O–H groups in total. The molecule has 1 aromatic carbocycles. The van der Waals surface area contributed by atoms with E-state index in [-0.39, 0.29) is 18.2 Å². The highest BCUT2D eigenvalue weighted by atomic mass is 32.2. The molecule has 26 heavy (non-hydrogen) atoms. The number of nitrogens with one attached hydrogen (secondary N) is 2. The molecule has 1 aromatic heterocycles. The summed E-state index contributed by atoms with van der Waals surface area (Å²) < 4.78 is 10.6. The number of anilines is 1. The molecule has 1 fully saturated rings. The van der Waals surface area contributed by atoms with Crippen LogP contribution in [0.15, 0.2) is 52.1 Å².